The monoisotopic (exact) mass is 428 g/mol. The van der Waals surface area contributed by atoms with E-state index in [0.717, 1.165) is 18.4 Å². The first-order valence-corrected chi connectivity index (χ1v) is 11.2. The predicted molar refractivity (Wildman–Crippen MR) is 114 cm³/mol. The van der Waals surface area contributed by atoms with Crippen molar-refractivity contribution in [2.75, 3.05) is 6.61 Å². The van der Waals surface area contributed by atoms with Crippen LogP contribution in [0.4, 0.5) is 0 Å². The standard InChI is InChI=1S/C25H32O6/c1-5-21(29)31-13-20(28)25(30)14(2)10-18-17-7-6-15-11-16(26)8-9-23(15,3)22(17)19(27)12-24(18,25)4/h8-9,11,17-19,22,27,30H,2,5-7,10,12-13H2,1,3-4H3/t17-,18-,19?,22+,23-,24-,25-/m0/s1. The van der Waals surface area contributed by atoms with Crippen molar-refractivity contribution in [3.8, 4) is 0 Å². The minimum Gasteiger partial charge on any atom is -0.458 e. The third kappa shape index (κ3) is 2.94. The molecule has 3 saturated carbocycles. The van der Waals surface area contributed by atoms with E-state index >= 15 is 0 Å². The Balaban J connectivity index is 1.68. The number of Topliss-reactive ketones (excluding diaryl/α,β-unsaturated/α-hetero) is 1. The van der Waals surface area contributed by atoms with Crippen LogP contribution in [-0.2, 0) is 19.1 Å². The molecule has 7 atom stereocenters. The number of esters is 1. The summed E-state index contributed by atoms with van der Waals surface area (Å²) < 4.78 is 5.03. The Labute approximate surface area is 183 Å². The van der Waals surface area contributed by atoms with Crippen LogP contribution in [0.3, 0.4) is 0 Å². The van der Waals surface area contributed by atoms with Gasteiger partial charge in [0, 0.05) is 23.2 Å². The highest BCUT2D eigenvalue weighted by Gasteiger charge is 2.69. The van der Waals surface area contributed by atoms with Crippen molar-refractivity contribution >= 4 is 17.5 Å². The molecule has 6 heteroatoms. The summed E-state index contributed by atoms with van der Waals surface area (Å²) in [6.45, 7) is 9.14. The molecular formula is C25H32O6. The Morgan fingerprint density at radius 3 is 2.71 bits per heavy atom. The highest BCUT2D eigenvalue weighted by molar-refractivity contribution is 6.01. The number of hydrogen-bond donors (Lipinski definition) is 2. The Kier molecular flexibility index (Phi) is 5.17. The van der Waals surface area contributed by atoms with Gasteiger partial charge < -0.3 is 14.9 Å². The van der Waals surface area contributed by atoms with Crippen molar-refractivity contribution in [1.82, 2.24) is 0 Å². The summed E-state index contributed by atoms with van der Waals surface area (Å²) in [7, 11) is 0. The lowest BCUT2D eigenvalue weighted by Gasteiger charge is -2.59. The molecule has 6 nitrogen and oxygen atoms in total. The van der Waals surface area contributed by atoms with Crippen molar-refractivity contribution in [3.63, 3.8) is 0 Å². The van der Waals surface area contributed by atoms with Crippen LogP contribution in [0.15, 0.2) is 36.0 Å². The first-order valence-electron chi connectivity index (χ1n) is 11.2. The lowest BCUT2D eigenvalue weighted by molar-refractivity contribution is -0.176. The Morgan fingerprint density at radius 2 is 2.03 bits per heavy atom. The fourth-order valence-corrected chi connectivity index (χ4v) is 7.15. The number of aliphatic hydroxyl groups excluding tert-OH is 1. The zero-order chi connectivity index (χ0) is 22.8. The van der Waals surface area contributed by atoms with Crippen LogP contribution in [-0.4, -0.2) is 46.1 Å². The zero-order valence-electron chi connectivity index (χ0n) is 18.5. The largest absolute Gasteiger partial charge is 0.458 e. The molecule has 0 amide bonds. The summed E-state index contributed by atoms with van der Waals surface area (Å²) in [4.78, 5) is 36.6. The van der Waals surface area contributed by atoms with E-state index in [4.69, 9.17) is 4.74 Å². The van der Waals surface area contributed by atoms with E-state index in [2.05, 4.69) is 13.5 Å². The average molecular weight is 429 g/mol. The molecular weight excluding hydrogens is 396 g/mol. The van der Waals surface area contributed by atoms with E-state index in [1.54, 1.807) is 19.1 Å². The molecule has 0 aromatic rings. The molecule has 0 heterocycles. The van der Waals surface area contributed by atoms with Gasteiger partial charge in [-0.1, -0.05) is 39.0 Å². The maximum atomic E-state index is 13.1. The number of ketones is 2. The summed E-state index contributed by atoms with van der Waals surface area (Å²) >= 11 is 0. The Bertz CT molecular complexity index is 915. The second-order valence-corrected chi connectivity index (χ2v) is 10.2. The van der Waals surface area contributed by atoms with E-state index < -0.39 is 40.9 Å². The maximum Gasteiger partial charge on any atom is 0.305 e. The number of carbonyl (C=O) groups is 3. The summed E-state index contributed by atoms with van der Waals surface area (Å²) in [6, 6.07) is 0. The SMILES string of the molecule is C=C1C[C@H]2[C@@H]3CCC4=CC(=O)C=C[C@]4(C)[C@H]3C(O)C[C@]2(C)[C@@]1(O)C(=O)COC(=O)CC. The zero-order valence-corrected chi connectivity index (χ0v) is 18.5. The van der Waals surface area contributed by atoms with Gasteiger partial charge in [-0.05, 0) is 55.2 Å². The number of aliphatic hydroxyl groups is 2. The first-order chi connectivity index (χ1) is 14.5. The normalized spacial score (nSPS) is 43.6. The van der Waals surface area contributed by atoms with Gasteiger partial charge in [0.05, 0.1) is 6.10 Å². The smallest absolute Gasteiger partial charge is 0.305 e. The van der Waals surface area contributed by atoms with Crippen LogP contribution in [0.1, 0.15) is 52.9 Å². The van der Waals surface area contributed by atoms with Crippen molar-refractivity contribution in [3.05, 3.63) is 36.0 Å². The molecule has 4 aliphatic rings. The van der Waals surface area contributed by atoms with Gasteiger partial charge in [0.15, 0.2) is 18.0 Å². The predicted octanol–water partition coefficient (Wildman–Crippen LogP) is 2.68. The molecule has 4 aliphatic carbocycles. The Morgan fingerprint density at radius 1 is 1.32 bits per heavy atom. The van der Waals surface area contributed by atoms with Gasteiger partial charge in [-0.25, -0.2) is 0 Å². The minimum absolute atomic E-state index is 0.0168. The fraction of sp³-hybridized carbons (Fsp3) is 0.640. The molecule has 168 valence electrons. The van der Waals surface area contributed by atoms with E-state index in [1.807, 2.05) is 13.0 Å². The topological polar surface area (TPSA) is 101 Å². The lowest BCUT2D eigenvalue weighted by atomic mass is 9.46. The van der Waals surface area contributed by atoms with Crippen LogP contribution in [0, 0.1) is 28.6 Å². The molecule has 1 unspecified atom stereocenters. The molecule has 0 saturated heterocycles. The third-order valence-electron chi connectivity index (χ3n) is 8.75. The highest BCUT2D eigenvalue weighted by Crippen LogP contribution is 2.68. The minimum atomic E-state index is -1.84. The van der Waals surface area contributed by atoms with Crippen molar-refractivity contribution in [2.45, 2.75) is 64.6 Å². The van der Waals surface area contributed by atoms with Crippen LogP contribution in [0.2, 0.25) is 0 Å². The third-order valence-corrected chi connectivity index (χ3v) is 8.75. The summed E-state index contributed by atoms with van der Waals surface area (Å²) in [5.41, 5.74) is -1.66. The molecule has 0 aromatic carbocycles. The summed E-state index contributed by atoms with van der Waals surface area (Å²) in [5.74, 6) is -1.14. The van der Waals surface area contributed by atoms with E-state index in [9.17, 15) is 24.6 Å². The number of hydrogen-bond acceptors (Lipinski definition) is 6. The first kappa shape index (κ1) is 22.2. The van der Waals surface area contributed by atoms with Crippen molar-refractivity contribution in [1.29, 1.82) is 0 Å². The fourth-order valence-electron chi connectivity index (χ4n) is 7.15. The molecule has 0 bridgehead atoms. The Hall–Kier alpha value is -2.05. The molecule has 0 radical (unpaired) electrons. The van der Waals surface area contributed by atoms with Gasteiger partial charge in [-0.15, -0.1) is 0 Å². The van der Waals surface area contributed by atoms with Crippen molar-refractivity contribution < 1.29 is 29.3 Å². The summed E-state index contributed by atoms with van der Waals surface area (Å²) in [6.07, 6.45) is 6.89. The highest BCUT2D eigenvalue weighted by atomic mass is 16.5. The molecule has 2 N–H and O–H groups in total. The van der Waals surface area contributed by atoms with Crippen molar-refractivity contribution in [2.24, 2.45) is 28.6 Å². The molecule has 31 heavy (non-hydrogen) atoms. The maximum absolute atomic E-state index is 13.1. The molecule has 0 spiro atoms. The van der Waals surface area contributed by atoms with Gasteiger partial charge in [0.25, 0.3) is 0 Å². The van der Waals surface area contributed by atoms with Crippen LogP contribution in [0.5, 0.6) is 0 Å². The molecule has 3 fully saturated rings. The summed E-state index contributed by atoms with van der Waals surface area (Å²) in [5, 5.41) is 23.0. The lowest BCUT2D eigenvalue weighted by Crippen LogP contribution is -2.62. The average Bonchev–Trinajstić information content (AvgIpc) is 2.93. The van der Waals surface area contributed by atoms with Crippen LogP contribution in [0.25, 0.3) is 0 Å². The quantitative estimate of drug-likeness (QED) is 0.527. The molecule has 0 aliphatic heterocycles. The van der Waals surface area contributed by atoms with Gasteiger partial charge in [-0.3, -0.25) is 14.4 Å². The molecule has 4 rings (SSSR count). The number of fused-ring (bicyclic) bond motifs is 5. The number of carbonyl (C=O) groups excluding carboxylic acids is 3. The van der Waals surface area contributed by atoms with Gasteiger partial charge in [0.1, 0.15) is 0 Å². The number of allylic oxidation sites excluding steroid dienone is 4. The van der Waals surface area contributed by atoms with Crippen LogP contribution < -0.4 is 0 Å². The molecule has 0 aromatic heterocycles. The second-order valence-electron chi connectivity index (χ2n) is 10.2. The van der Waals surface area contributed by atoms with Gasteiger partial charge >= 0.3 is 5.97 Å². The van der Waals surface area contributed by atoms with E-state index in [-0.39, 0.29) is 36.4 Å². The van der Waals surface area contributed by atoms with E-state index in [1.165, 1.54) is 0 Å². The van der Waals surface area contributed by atoms with Gasteiger partial charge in [-0.2, -0.15) is 0 Å². The van der Waals surface area contributed by atoms with Gasteiger partial charge in [0.2, 0.25) is 5.78 Å². The van der Waals surface area contributed by atoms with E-state index in [0.29, 0.717) is 12.0 Å². The van der Waals surface area contributed by atoms with Crippen LogP contribution >= 0.6 is 0 Å². The number of rotatable bonds is 4. The second kappa shape index (κ2) is 7.24. The number of ether oxygens (including phenoxy) is 1.